The van der Waals surface area contributed by atoms with Crippen molar-refractivity contribution in [3.05, 3.63) is 53.9 Å². The Morgan fingerprint density at radius 3 is 2.58 bits per heavy atom. The van der Waals surface area contributed by atoms with Crippen molar-refractivity contribution < 1.29 is 9.32 Å². The molecule has 1 aromatic heterocycles. The van der Waals surface area contributed by atoms with E-state index in [1.807, 2.05) is 37.3 Å². The van der Waals surface area contributed by atoms with E-state index in [-0.39, 0.29) is 5.91 Å². The molecule has 0 saturated heterocycles. The van der Waals surface area contributed by atoms with Gasteiger partial charge in [0.1, 0.15) is 5.41 Å². The van der Waals surface area contributed by atoms with Crippen LogP contribution in [0.4, 0.5) is 0 Å². The smallest absolute Gasteiger partial charge is 0.231 e. The first-order valence-electron chi connectivity index (χ1n) is 6.44. The van der Waals surface area contributed by atoms with Crippen LogP contribution >= 0.6 is 0 Å². The minimum Gasteiger partial charge on any atom is -0.369 e. The highest BCUT2D eigenvalue weighted by Crippen LogP contribution is 2.32. The van der Waals surface area contributed by atoms with E-state index in [0.717, 1.165) is 6.42 Å². The van der Waals surface area contributed by atoms with E-state index in [0.29, 0.717) is 18.6 Å². The van der Waals surface area contributed by atoms with E-state index >= 15 is 0 Å². The molecule has 4 nitrogen and oxygen atoms in total. The molecule has 1 atom stereocenters. The van der Waals surface area contributed by atoms with Gasteiger partial charge in [0.2, 0.25) is 5.91 Å². The summed E-state index contributed by atoms with van der Waals surface area (Å²) in [5.41, 5.74) is 6.02. The molecule has 1 heterocycles. The fourth-order valence-corrected chi connectivity index (χ4v) is 2.36. The molecule has 0 aliphatic carbocycles. The van der Waals surface area contributed by atoms with Gasteiger partial charge in [-0.3, -0.25) is 4.79 Å². The van der Waals surface area contributed by atoms with Gasteiger partial charge in [-0.1, -0.05) is 42.4 Å². The molecule has 2 N–H and O–H groups in total. The number of carbonyl (C=O) groups is 1. The number of amides is 1. The maximum Gasteiger partial charge on any atom is 0.231 e. The summed E-state index contributed by atoms with van der Waals surface area (Å²) in [7, 11) is 0. The second kappa shape index (κ2) is 5.69. The first kappa shape index (κ1) is 13.3. The van der Waals surface area contributed by atoms with E-state index in [9.17, 15) is 4.79 Å². The number of nitrogens with zero attached hydrogens (tertiary/aromatic N) is 1. The van der Waals surface area contributed by atoms with Gasteiger partial charge in [0.25, 0.3) is 0 Å². The first-order valence-corrected chi connectivity index (χ1v) is 6.44. The van der Waals surface area contributed by atoms with Crippen molar-refractivity contribution in [3.8, 4) is 0 Å². The maximum absolute atomic E-state index is 11.9. The molecule has 0 fully saturated rings. The summed E-state index contributed by atoms with van der Waals surface area (Å²) in [6.45, 7) is 1.94. The molecule has 0 bridgehead atoms. The zero-order chi connectivity index (χ0) is 13.7. The summed E-state index contributed by atoms with van der Waals surface area (Å²) in [5, 5.41) is 3.69. The van der Waals surface area contributed by atoms with Crippen LogP contribution in [0.5, 0.6) is 0 Å². The monoisotopic (exact) mass is 258 g/mol. The average Bonchev–Trinajstić information content (AvgIpc) is 2.95. The average molecular weight is 258 g/mol. The van der Waals surface area contributed by atoms with Crippen LogP contribution in [-0.4, -0.2) is 11.1 Å². The van der Waals surface area contributed by atoms with Gasteiger partial charge < -0.3 is 10.3 Å². The van der Waals surface area contributed by atoms with Crippen LogP contribution in [0.25, 0.3) is 0 Å². The Morgan fingerprint density at radius 1 is 1.32 bits per heavy atom. The lowest BCUT2D eigenvalue weighted by atomic mass is 9.77. The quantitative estimate of drug-likeness (QED) is 0.865. The Morgan fingerprint density at radius 2 is 2.05 bits per heavy atom. The fourth-order valence-electron chi connectivity index (χ4n) is 2.36. The zero-order valence-corrected chi connectivity index (χ0v) is 11.0. The summed E-state index contributed by atoms with van der Waals surface area (Å²) < 4.78 is 5.19. The molecule has 0 radical (unpaired) electrons. The second-order valence-corrected chi connectivity index (χ2v) is 4.66. The van der Waals surface area contributed by atoms with Crippen LogP contribution in [0, 0.1) is 0 Å². The van der Waals surface area contributed by atoms with Crippen molar-refractivity contribution in [1.29, 1.82) is 0 Å². The number of rotatable bonds is 6. The highest BCUT2D eigenvalue weighted by molar-refractivity contribution is 5.85. The van der Waals surface area contributed by atoms with Crippen molar-refractivity contribution in [1.82, 2.24) is 5.16 Å². The normalized spacial score (nSPS) is 13.9. The Labute approximate surface area is 112 Å². The molecule has 1 aromatic carbocycles. The molecule has 0 aliphatic heterocycles. The Balaban J connectivity index is 2.22. The van der Waals surface area contributed by atoms with Gasteiger partial charge in [-0.05, 0) is 24.8 Å². The molecule has 2 rings (SSSR count). The Bertz CT molecular complexity index is 522. The van der Waals surface area contributed by atoms with Gasteiger partial charge in [-0.2, -0.15) is 0 Å². The van der Waals surface area contributed by atoms with Crippen molar-refractivity contribution in [2.75, 3.05) is 0 Å². The number of primary amides is 1. The van der Waals surface area contributed by atoms with E-state index in [4.69, 9.17) is 10.3 Å². The highest BCUT2D eigenvalue weighted by atomic mass is 16.5. The summed E-state index contributed by atoms with van der Waals surface area (Å²) in [4.78, 5) is 11.9. The summed E-state index contributed by atoms with van der Waals surface area (Å²) in [5.74, 6) is 0.195. The van der Waals surface area contributed by atoms with Gasteiger partial charge in [0.15, 0.2) is 5.76 Å². The van der Waals surface area contributed by atoms with Crippen LogP contribution < -0.4 is 5.73 Å². The fraction of sp³-hybridized carbons (Fsp3) is 0.333. The number of hydrogen-bond acceptors (Lipinski definition) is 3. The SMILES string of the molecule is CCC(CCc1ccccc1)(C(N)=O)c1ccno1. The molecular formula is C15H18N2O2. The third kappa shape index (κ3) is 2.67. The zero-order valence-electron chi connectivity index (χ0n) is 11.0. The number of hydrogen-bond donors (Lipinski definition) is 1. The highest BCUT2D eigenvalue weighted by Gasteiger charge is 2.39. The lowest BCUT2D eigenvalue weighted by molar-refractivity contribution is -0.124. The van der Waals surface area contributed by atoms with E-state index in [1.54, 1.807) is 12.3 Å². The molecule has 0 saturated carbocycles. The topological polar surface area (TPSA) is 69.1 Å². The predicted molar refractivity (Wildman–Crippen MR) is 72.4 cm³/mol. The molecule has 1 unspecified atom stereocenters. The third-order valence-electron chi connectivity index (χ3n) is 3.67. The number of aromatic nitrogens is 1. The lowest BCUT2D eigenvalue weighted by Gasteiger charge is -2.26. The van der Waals surface area contributed by atoms with Crippen LogP contribution in [-0.2, 0) is 16.6 Å². The maximum atomic E-state index is 11.9. The molecule has 0 aliphatic rings. The molecular weight excluding hydrogens is 240 g/mol. The van der Waals surface area contributed by atoms with Crippen LogP contribution in [0.15, 0.2) is 47.1 Å². The molecule has 100 valence electrons. The van der Waals surface area contributed by atoms with Gasteiger partial charge in [0, 0.05) is 6.07 Å². The number of aryl methyl sites for hydroxylation is 1. The second-order valence-electron chi connectivity index (χ2n) is 4.66. The molecule has 2 aromatic rings. The molecule has 0 spiro atoms. The molecule has 19 heavy (non-hydrogen) atoms. The van der Waals surface area contributed by atoms with E-state index in [1.165, 1.54) is 5.56 Å². The third-order valence-corrected chi connectivity index (χ3v) is 3.67. The number of carbonyl (C=O) groups excluding carboxylic acids is 1. The van der Waals surface area contributed by atoms with Crippen molar-refractivity contribution in [2.24, 2.45) is 5.73 Å². The van der Waals surface area contributed by atoms with E-state index in [2.05, 4.69) is 5.16 Å². The summed E-state index contributed by atoms with van der Waals surface area (Å²) in [6, 6.07) is 11.8. The van der Waals surface area contributed by atoms with E-state index < -0.39 is 5.41 Å². The Hall–Kier alpha value is -2.10. The van der Waals surface area contributed by atoms with Crippen LogP contribution in [0.2, 0.25) is 0 Å². The van der Waals surface area contributed by atoms with Crippen LogP contribution in [0.3, 0.4) is 0 Å². The number of nitrogens with two attached hydrogens (primary N) is 1. The molecule has 1 amide bonds. The largest absolute Gasteiger partial charge is 0.369 e. The first-order chi connectivity index (χ1) is 9.19. The lowest BCUT2D eigenvalue weighted by Crippen LogP contribution is -2.41. The minimum absolute atomic E-state index is 0.359. The van der Waals surface area contributed by atoms with Gasteiger partial charge in [0.05, 0.1) is 6.20 Å². The van der Waals surface area contributed by atoms with Gasteiger partial charge in [-0.15, -0.1) is 0 Å². The minimum atomic E-state index is -0.771. The van der Waals surface area contributed by atoms with Crippen molar-refractivity contribution in [3.63, 3.8) is 0 Å². The molecule has 4 heteroatoms. The van der Waals surface area contributed by atoms with Crippen LogP contribution in [0.1, 0.15) is 31.1 Å². The standard InChI is InChI=1S/C15H18N2O2/c1-2-15(14(16)18,13-9-11-17-19-13)10-8-12-6-4-3-5-7-12/h3-7,9,11H,2,8,10H2,1H3,(H2,16,18). The van der Waals surface area contributed by atoms with Gasteiger partial charge >= 0.3 is 0 Å². The van der Waals surface area contributed by atoms with Gasteiger partial charge in [-0.25, -0.2) is 0 Å². The predicted octanol–water partition coefficient (Wildman–Crippen LogP) is 2.44. The van der Waals surface area contributed by atoms with Crippen molar-refractivity contribution >= 4 is 5.91 Å². The summed E-state index contributed by atoms with van der Waals surface area (Å²) in [6.07, 6.45) is 3.55. The summed E-state index contributed by atoms with van der Waals surface area (Å²) >= 11 is 0. The Kier molecular flexibility index (Phi) is 4.00. The number of benzene rings is 1. The van der Waals surface area contributed by atoms with Crippen molar-refractivity contribution in [2.45, 2.75) is 31.6 Å².